The number of nitrogens with one attached hydrogen (secondary N) is 2. The van der Waals surface area contributed by atoms with Gasteiger partial charge in [0.15, 0.2) is 0 Å². The van der Waals surface area contributed by atoms with Crippen LogP contribution < -0.4 is 15.6 Å². The number of aliphatic hydroxyl groups excluding tert-OH is 1. The molecule has 2 fully saturated rings. The molecule has 0 bridgehead atoms. The second kappa shape index (κ2) is 10.9. The molecule has 0 amide bonds. The van der Waals surface area contributed by atoms with Gasteiger partial charge >= 0.3 is 0 Å². The highest BCUT2D eigenvalue weighted by molar-refractivity contribution is 7.99. The summed E-state index contributed by atoms with van der Waals surface area (Å²) in [4.78, 5) is 19.5. The number of piperidine rings is 1. The number of aliphatic hydroxyl groups is 1. The van der Waals surface area contributed by atoms with Gasteiger partial charge in [0.2, 0.25) is 0 Å². The molecule has 2 aliphatic rings. The smallest absolute Gasteiger partial charge is 0.261 e. The third-order valence-corrected chi connectivity index (χ3v) is 7.27. The van der Waals surface area contributed by atoms with Crippen molar-refractivity contribution < 1.29 is 18.6 Å². The Morgan fingerprint density at radius 3 is 2.74 bits per heavy atom. The SMILES string of the molecule is Cl.O=c1[nH]c(CSC2CCC(O)CC2)nc2cc(OCC3CCNCC3F)cc(F)c12. The van der Waals surface area contributed by atoms with Crippen LogP contribution in [0, 0.1) is 11.7 Å². The number of aromatic amines is 1. The zero-order valence-electron chi connectivity index (χ0n) is 17.1. The molecule has 1 aromatic carbocycles. The van der Waals surface area contributed by atoms with E-state index in [0.717, 1.165) is 38.3 Å². The Morgan fingerprint density at radius 2 is 2.00 bits per heavy atom. The summed E-state index contributed by atoms with van der Waals surface area (Å²) >= 11 is 1.69. The first-order chi connectivity index (χ1) is 14.5. The summed E-state index contributed by atoms with van der Waals surface area (Å²) in [6.45, 7) is 1.20. The lowest BCUT2D eigenvalue weighted by Crippen LogP contribution is -2.40. The summed E-state index contributed by atoms with van der Waals surface area (Å²) in [5.74, 6) is 0.319. The minimum absolute atomic E-state index is 0. The Balaban J connectivity index is 0.00000272. The van der Waals surface area contributed by atoms with E-state index in [2.05, 4.69) is 15.3 Å². The lowest BCUT2D eigenvalue weighted by atomic mass is 9.97. The number of rotatable bonds is 6. The van der Waals surface area contributed by atoms with E-state index in [1.807, 2.05) is 0 Å². The quantitative estimate of drug-likeness (QED) is 0.594. The summed E-state index contributed by atoms with van der Waals surface area (Å²) in [5.41, 5.74) is -0.272. The number of H-pyrrole nitrogens is 1. The van der Waals surface area contributed by atoms with Gasteiger partial charge in [-0.25, -0.2) is 13.8 Å². The van der Waals surface area contributed by atoms with Crippen molar-refractivity contribution in [2.75, 3.05) is 19.7 Å². The van der Waals surface area contributed by atoms with Gasteiger partial charge in [-0.2, -0.15) is 11.8 Å². The molecule has 2 aromatic rings. The molecular formula is C21H28ClF2N3O3S. The third kappa shape index (κ3) is 6.09. The molecule has 1 aromatic heterocycles. The van der Waals surface area contributed by atoms with Gasteiger partial charge in [0.25, 0.3) is 5.56 Å². The first-order valence-electron chi connectivity index (χ1n) is 10.5. The molecule has 3 N–H and O–H groups in total. The summed E-state index contributed by atoms with van der Waals surface area (Å²) in [5, 5.41) is 12.9. The van der Waals surface area contributed by atoms with Crippen molar-refractivity contribution in [3.63, 3.8) is 0 Å². The Hall–Kier alpha value is -1.42. The number of fused-ring (bicyclic) bond motifs is 1. The molecule has 4 rings (SSSR count). The molecule has 0 spiro atoms. The Bertz CT molecular complexity index is 940. The molecule has 6 nitrogen and oxygen atoms in total. The second-order valence-corrected chi connectivity index (χ2v) is 9.42. The van der Waals surface area contributed by atoms with Gasteiger partial charge in [-0.05, 0) is 38.6 Å². The zero-order valence-corrected chi connectivity index (χ0v) is 18.7. The number of aromatic nitrogens is 2. The highest BCUT2D eigenvalue weighted by atomic mass is 35.5. The molecular weight excluding hydrogens is 448 g/mol. The molecule has 0 radical (unpaired) electrons. The van der Waals surface area contributed by atoms with Crippen molar-refractivity contribution in [1.29, 1.82) is 0 Å². The van der Waals surface area contributed by atoms with Crippen LogP contribution in [0.3, 0.4) is 0 Å². The molecule has 2 unspecified atom stereocenters. The fourth-order valence-electron chi connectivity index (χ4n) is 4.07. The van der Waals surface area contributed by atoms with E-state index in [9.17, 15) is 18.7 Å². The molecule has 1 saturated carbocycles. The number of nitrogens with zero attached hydrogens (tertiary/aromatic N) is 1. The molecule has 31 heavy (non-hydrogen) atoms. The number of halogens is 3. The van der Waals surface area contributed by atoms with Crippen LogP contribution in [0.5, 0.6) is 5.75 Å². The topological polar surface area (TPSA) is 87.2 Å². The largest absolute Gasteiger partial charge is 0.493 e. The predicted molar refractivity (Wildman–Crippen MR) is 120 cm³/mol. The van der Waals surface area contributed by atoms with Crippen LogP contribution in [0.15, 0.2) is 16.9 Å². The standard InChI is InChI=1S/C21H27F2N3O3S.ClH/c22-16-7-14(29-10-12-5-6-24-9-17(12)23)8-18-20(16)21(28)26-19(25-18)11-30-15-3-1-13(27)2-4-15;/h7-8,12-13,15,17,24,27H,1-6,9-11H2,(H,25,26,28);1H. The van der Waals surface area contributed by atoms with Gasteiger partial charge in [-0.1, -0.05) is 0 Å². The maximum Gasteiger partial charge on any atom is 0.261 e. The van der Waals surface area contributed by atoms with Crippen LogP contribution in [0.25, 0.3) is 10.9 Å². The van der Waals surface area contributed by atoms with E-state index in [4.69, 9.17) is 4.74 Å². The van der Waals surface area contributed by atoms with E-state index in [1.54, 1.807) is 17.8 Å². The highest BCUT2D eigenvalue weighted by Gasteiger charge is 2.25. The zero-order chi connectivity index (χ0) is 21.1. The van der Waals surface area contributed by atoms with Crippen molar-refractivity contribution in [2.24, 2.45) is 5.92 Å². The molecule has 1 aliphatic heterocycles. The monoisotopic (exact) mass is 475 g/mol. The maximum absolute atomic E-state index is 14.5. The Morgan fingerprint density at radius 1 is 1.23 bits per heavy atom. The van der Waals surface area contributed by atoms with Crippen molar-refractivity contribution >= 4 is 35.1 Å². The van der Waals surface area contributed by atoms with Gasteiger partial charge in [0.05, 0.1) is 24.0 Å². The number of benzene rings is 1. The van der Waals surface area contributed by atoms with Gasteiger partial charge in [-0.15, -0.1) is 12.4 Å². The van der Waals surface area contributed by atoms with Crippen molar-refractivity contribution in [3.05, 3.63) is 34.1 Å². The summed E-state index contributed by atoms with van der Waals surface area (Å²) in [7, 11) is 0. The number of hydrogen-bond acceptors (Lipinski definition) is 6. The summed E-state index contributed by atoms with van der Waals surface area (Å²) < 4.78 is 34.2. The second-order valence-electron chi connectivity index (χ2n) is 8.13. The van der Waals surface area contributed by atoms with E-state index in [0.29, 0.717) is 29.8 Å². The van der Waals surface area contributed by atoms with Crippen molar-refractivity contribution in [1.82, 2.24) is 15.3 Å². The molecule has 2 heterocycles. The molecule has 10 heteroatoms. The Labute approximate surface area is 190 Å². The van der Waals surface area contributed by atoms with Gasteiger partial charge in [-0.3, -0.25) is 4.79 Å². The van der Waals surface area contributed by atoms with E-state index in [-0.39, 0.29) is 47.7 Å². The van der Waals surface area contributed by atoms with Crippen LogP contribution >= 0.6 is 24.2 Å². The Kier molecular flexibility index (Phi) is 8.55. The number of hydrogen-bond donors (Lipinski definition) is 3. The highest BCUT2D eigenvalue weighted by Crippen LogP contribution is 2.30. The predicted octanol–water partition coefficient (Wildman–Crippen LogP) is 3.35. The fourth-order valence-corrected chi connectivity index (χ4v) is 5.21. The molecule has 172 valence electrons. The number of alkyl halides is 1. The number of thioether (sulfide) groups is 1. The maximum atomic E-state index is 14.5. The normalized spacial score (nSPS) is 26.4. The minimum Gasteiger partial charge on any atom is -0.493 e. The van der Waals surface area contributed by atoms with Gasteiger partial charge < -0.3 is 20.1 Å². The van der Waals surface area contributed by atoms with E-state index in [1.165, 1.54) is 0 Å². The third-order valence-electron chi connectivity index (χ3n) is 5.89. The van der Waals surface area contributed by atoms with Crippen LogP contribution in [0.2, 0.25) is 0 Å². The average molecular weight is 476 g/mol. The first-order valence-corrected chi connectivity index (χ1v) is 11.5. The van der Waals surface area contributed by atoms with Gasteiger partial charge in [0, 0.05) is 29.8 Å². The summed E-state index contributed by atoms with van der Waals surface area (Å²) in [6, 6.07) is 2.71. The van der Waals surface area contributed by atoms with Crippen molar-refractivity contribution in [2.45, 2.75) is 55.4 Å². The van der Waals surface area contributed by atoms with Crippen LogP contribution in [0.1, 0.15) is 37.9 Å². The average Bonchev–Trinajstić information content (AvgIpc) is 2.72. The lowest BCUT2D eigenvalue weighted by Gasteiger charge is -2.26. The molecule has 1 saturated heterocycles. The molecule has 1 aliphatic carbocycles. The first kappa shape index (κ1) is 24.2. The van der Waals surface area contributed by atoms with E-state index < -0.39 is 17.5 Å². The van der Waals surface area contributed by atoms with Crippen LogP contribution in [0.4, 0.5) is 8.78 Å². The van der Waals surface area contributed by atoms with Crippen LogP contribution in [-0.4, -0.2) is 52.3 Å². The van der Waals surface area contributed by atoms with Crippen molar-refractivity contribution in [3.8, 4) is 5.75 Å². The number of ether oxygens (including phenoxy) is 1. The van der Waals surface area contributed by atoms with Gasteiger partial charge in [0.1, 0.15) is 28.9 Å². The summed E-state index contributed by atoms with van der Waals surface area (Å²) in [6.07, 6.45) is 2.91. The minimum atomic E-state index is -0.991. The fraction of sp³-hybridized carbons (Fsp3) is 0.619. The lowest BCUT2D eigenvalue weighted by molar-refractivity contribution is 0.122. The van der Waals surface area contributed by atoms with Crippen LogP contribution in [-0.2, 0) is 5.75 Å². The molecule has 2 atom stereocenters. The van der Waals surface area contributed by atoms with E-state index >= 15 is 0 Å².